The van der Waals surface area contributed by atoms with E-state index in [2.05, 4.69) is 17.2 Å². The van der Waals surface area contributed by atoms with Gasteiger partial charge in [-0.05, 0) is 19.8 Å². The van der Waals surface area contributed by atoms with Crippen molar-refractivity contribution in [3.63, 3.8) is 0 Å². The molecule has 15 heavy (non-hydrogen) atoms. The first-order valence-electron chi connectivity index (χ1n) is 5.55. The number of carbonyl (C=O) groups is 1. The van der Waals surface area contributed by atoms with Crippen molar-refractivity contribution < 1.29 is 9.53 Å². The van der Waals surface area contributed by atoms with E-state index in [0.29, 0.717) is 24.3 Å². The molecule has 3 nitrogen and oxygen atoms in total. The predicted octanol–water partition coefficient (Wildman–Crippen LogP) is 0.736. The Morgan fingerprint density at radius 2 is 2.07 bits per heavy atom. The van der Waals surface area contributed by atoms with Crippen molar-refractivity contribution in [2.24, 2.45) is 5.92 Å². The number of Topliss-reactive ketones (excluding diaryl/α,β-unsaturated/α-hetero) is 1. The topological polar surface area (TPSA) is 38.3 Å². The minimum Gasteiger partial charge on any atom is -0.378 e. The molecule has 0 aromatic heterocycles. The SMILES string of the molecule is CC#CCC(=O)C1CC2COCC(C1)N2. The Bertz CT molecular complexity index is 290. The van der Waals surface area contributed by atoms with E-state index in [-0.39, 0.29) is 5.92 Å². The van der Waals surface area contributed by atoms with Gasteiger partial charge in [0.2, 0.25) is 0 Å². The zero-order chi connectivity index (χ0) is 10.7. The maximum atomic E-state index is 11.8. The minimum absolute atomic E-state index is 0.200. The number of hydrogen-bond acceptors (Lipinski definition) is 3. The van der Waals surface area contributed by atoms with Gasteiger partial charge >= 0.3 is 0 Å². The summed E-state index contributed by atoms with van der Waals surface area (Å²) in [6.07, 6.45) is 2.25. The number of ketones is 1. The summed E-state index contributed by atoms with van der Waals surface area (Å²) < 4.78 is 5.44. The second kappa shape index (κ2) is 4.78. The highest BCUT2D eigenvalue weighted by molar-refractivity contribution is 5.83. The van der Waals surface area contributed by atoms with Crippen LogP contribution in [-0.2, 0) is 9.53 Å². The predicted molar refractivity (Wildman–Crippen MR) is 57.3 cm³/mol. The first-order chi connectivity index (χ1) is 7.29. The van der Waals surface area contributed by atoms with Gasteiger partial charge in [-0.25, -0.2) is 0 Å². The Kier molecular flexibility index (Phi) is 3.40. The lowest BCUT2D eigenvalue weighted by Crippen LogP contribution is -2.55. The number of piperidine rings is 1. The summed E-state index contributed by atoms with van der Waals surface area (Å²) >= 11 is 0. The lowest BCUT2D eigenvalue weighted by atomic mass is 9.83. The second-order valence-electron chi connectivity index (χ2n) is 4.34. The van der Waals surface area contributed by atoms with Crippen LogP contribution in [0, 0.1) is 17.8 Å². The fourth-order valence-corrected chi connectivity index (χ4v) is 2.42. The van der Waals surface area contributed by atoms with E-state index in [1.165, 1.54) is 0 Å². The molecule has 2 aliphatic heterocycles. The first kappa shape index (κ1) is 10.7. The molecule has 2 unspecified atom stereocenters. The van der Waals surface area contributed by atoms with Gasteiger partial charge in [-0.3, -0.25) is 4.79 Å². The molecule has 2 atom stereocenters. The van der Waals surface area contributed by atoms with E-state index in [1.807, 2.05) is 0 Å². The Labute approximate surface area is 90.6 Å². The lowest BCUT2D eigenvalue weighted by molar-refractivity contribution is -0.124. The molecule has 0 aromatic rings. The molecule has 3 heteroatoms. The summed E-state index contributed by atoms with van der Waals surface area (Å²) in [5.74, 6) is 6.14. The molecule has 2 bridgehead atoms. The van der Waals surface area contributed by atoms with Gasteiger partial charge in [-0.1, -0.05) is 5.92 Å². The largest absolute Gasteiger partial charge is 0.378 e. The third-order valence-electron chi connectivity index (χ3n) is 3.14. The van der Waals surface area contributed by atoms with Crippen LogP contribution in [0.1, 0.15) is 26.2 Å². The highest BCUT2D eigenvalue weighted by atomic mass is 16.5. The van der Waals surface area contributed by atoms with Crippen molar-refractivity contribution in [3.8, 4) is 11.8 Å². The van der Waals surface area contributed by atoms with Crippen molar-refractivity contribution in [3.05, 3.63) is 0 Å². The van der Waals surface area contributed by atoms with E-state index in [1.54, 1.807) is 6.92 Å². The van der Waals surface area contributed by atoms with Crippen LogP contribution >= 0.6 is 0 Å². The van der Waals surface area contributed by atoms with Crippen molar-refractivity contribution >= 4 is 5.78 Å². The number of fused-ring (bicyclic) bond motifs is 2. The quantitative estimate of drug-likeness (QED) is 0.679. The van der Waals surface area contributed by atoms with Crippen LogP contribution in [0.2, 0.25) is 0 Å². The molecule has 2 saturated heterocycles. The van der Waals surface area contributed by atoms with Gasteiger partial charge < -0.3 is 10.1 Å². The number of rotatable bonds is 2. The molecule has 0 saturated carbocycles. The van der Waals surface area contributed by atoms with Crippen molar-refractivity contribution in [1.29, 1.82) is 0 Å². The molecule has 1 N–H and O–H groups in total. The van der Waals surface area contributed by atoms with Gasteiger partial charge in [0.05, 0.1) is 19.6 Å². The van der Waals surface area contributed by atoms with Crippen LogP contribution in [0.4, 0.5) is 0 Å². The van der Waals surface area contributed by atoms with Crippen LogP contribution in [0.3, 0.4) is 0 Å². The molecule has 2 heterocycles. The maximum Gasteiger partial charge on any atom is 0.147 e. The Morgan fingerprint density at radius 3 is 2.67 bits per heavy atom. The molecule has 2 aliphatic rings. The van der Waals surface area contributed by atoms with E-state index in [9.17, 15) is 4.79 Å². The Balaban J connectivity index is 1.92. The molecule has 2 fully saturated rings. The van der Waals surface area contributed by atoms with Crippen molar-refractivity contribution in [2.75, 3.05) is 13.2 Å². The van der Waals surface area contributed by atoms with Gasteiger partial charge in [0.15, 0.2) is 0 Å². The first-order valence-corrected chi connectivity index (χ1v) is 5.55. The van der Waals surface area contributed by atoms with Gasteiger partial charge in [0.25, 0.3) is 0 Å². The fraction of sp³-hybridized carbons (Fsp3) is 0.750. The third kappa shape index (κ3) is 2.58. The standard InChI is InChI=1S/C12H17NO2/c1-2-3-4-12(14)9-5-10-7-15-8-11(6-9)13-10/h9-11,13H,4-8H2,1H3. The smallest absolute Gasteiger partial charge is 0.147 e. The summed E-state index contributed by atoms with van der Waals surface area (Å²) in [5.41, 5.74) is 0. The monoisotopic (exact) mass is 207 g/mol. The Morgan fingerprint density at radius 1 is 1.40 bits per heavy atom. The summed E-state index contributed by atoms with van der Waals surface area (Å²) in [5, 5.41) is 3.48. The molecule has 82 valence electrons. The van der Waals surface area contributed by atoms with Gasteiger partial charge in [-0.15, -0.1) is 5.92 Å². The molecule has 0 aromatic carbocycles. The summed E-state index contributed by atoms with van der Waals surface area (Å²) in [6.45, 7) is 3.28. The average molecular weight is 207 g/mol. The van der Waals surface area contributed by atoms with Crippen LogP contribution in [0.5, 0.6) is 0 Å². The summed E-state index contributed by atoms with van der Waals surface area (Å²) in [7, 11) is 0. The molecule has 0 spiro atoms. The van der Waals surface area contributed by atoms with Gasteiger partial charge in [-0.2, -0.15) is 0 Å². The van der Waals surface area contributed by atoms with E-state index in [4.69, 9.17) is 4.74 Å². The fourth-order valence-electron chi connectivity index (χ4n) is 2.42. The van der Waals surface area contributed by atoms with Crippen LogP contribution < -0.4 is 5.32 Å². The number of morpholine rings is 1. The second-order valence-corrected chi connectivity index (χ2v) is 4.34. The average Bonchev–Trinajstić information content (AvgIpc) is 2.25. The highest BCUT2D eigenvalue weighted by Gasteiger charge is 2.34. The van der Waals surface area contributed by atoms with Crippen LogP contribution in [0.25, 0.3) is 0 Å². The Hall–Kier alpha value is -0.850. The molecule has 2 rings (SSSR count). The van der Waals surface area contributed by atoms with Crippen LogP contribution in [-0.4, -0.2) is 31.1 Å². The zero-order valence-corrected chi connectivity index (χ0v) is 9.08. The zero-order valence-electron chi connectivity index (χ0n) is 9.08. The van der Waals surface area contributed by atoms with E-state index >= 15 is 0 Å². The summed E-state index contributed by atoms with van der Waals surface area (Å²) in [4.78, 5) is 11.8. The van der Waals surface area contributed by atoms with Gasteiger partial charge in [0, 0.05) is 18.0 Å². The summed E-state index contributed by atoms with van der Waals surface area (Å²) in [6, 6.07) is 0.752. The number of ether oxygens (including phenoxy) is 1. The van der Waals surface area contributed by atoms with E-state index in [0.717, 1.165) is 26.1 Å². The van der Waals surface area contributed by atoms with E-state index < -0.39 is 0 Å². The number of nitrogens with one attached hydrogen (secondary N) is 1. The molecular formula is C12H17NO2. The van der Waals surface area contributed by atoms with Gasteiger partial charge in [0.1, 0.15) is 5.78 Å². The third-order valence-corrected chi connectivity index (χ3v) is 3.14. The molecule has 0 amide bonds. The molecule has 0 aliphatic carbocycles. The molecular weight excluding hydrogens is 190 g/mol. The lowest BCUT2D eigenvalue weighted by Gasteiger charge is -2.39. The highest BCUT2D eigenvalue weighted by Crippen LogP contribution is 2.25. The maximum absolute atomic E-state index is 11.8. The van der Waals surface area contributed by atoms with Crippen molar-refractivity contribution in [2.45, 2.75) is 38.3 Å². The normalized spacial score (nSPS) is 34.1. The van der Waals surface area contributed by atoms with Crippen LogP contribution in [0.15, 0.2) is 0 Å². The minimum atomic E-state index is 0.200. The molecule has 0 radical (unpaired) electrons. The number of carbonyl (C=O) groups excluding carboxylic acids is 1. The van der Waals surface area contributed by atoms with Crippen molar-refractivity contribution in [1.82, 2.24) is 5.32 Å². The number of hydrogen-bond donors (Lipinski definition) is 1.